The number of carbonyl (C=O) groups excluding carboxylic acids is 1. The number of thiocarbonyl (C=S) groups is 1. The van der Waals surface area contributed by atoms with Crippen molar-refractivity contribution < 1.29 is 9.53 Å². The van der Waals surface area contributed by atoms with E-state index in [-0.39, 0.29) is 5.91 Å². The number of ether oxygens (including phenoxy) is 1. The van der Waals surface area contributed by atoms with Gasteiger partial charge >= 0.3 is 0 Å². The normalized spacial score (nSPS) is 10.1. The van der Waals surface area contributed by atoms with E-state index in [0.717, 1.165) is 22.7 Å². The standard InChI is InChI=1S/C22H21N3O2S/c1-15-5-3-4-6-20(15)25-22(28)24-18-9-7-16(8-10-18)21(26)23-17-11-13-19(27-2)14-12-17/h3-14H,1-2H3,(H,23,26)(H2,24,25,28). The van der Waals surface area contributed by atoms with Crippen molar-refractivity contribution in [3.63, 3.8) is 0 Å². The van der Waals surface area contributed by atoms with E-state index < -0.39 is 0 Å². The fourth-order valence-corrected chi connectivity index (χ4v) is 2.81. The minimum atomic E-state index is -0.183. The van der Waals surface area contributed by atoms with Gasteiger partial charge in [-0.3, -0.25) is 4.79 Å². The van der Waals surface area contributed by atoms with Crippen molar-refractivity contribution in [2.24, 2.45) is 0 Å². The maximum Gasteiger partial charge on any atom is 0.255 e. The molecule has 3 rings (SSSR count). The van der Waals surface area contributed by atoms with Crippen molar-refractivity contribution in [3.05, 3.63) is 83.9 Å². The highest BCUT2D eigenvalue weighted by Crippen LogP contribution is 2.17. The van der Waals surface area contributed by atoms with Gasteiger partial charge in [-0.1, -0.05) is 18.2 Å². The third-order valence-corrected chi connectivity index (χ3v) is 4.35. The first-order valence-corrected chi connectivity index (χ1v) is 9.15. The highest BCUT2D eigenvalue weighted by molar-refractivity contribution is 7.80. The lowest BCUT2D eigenvalue weighted by Crippen LogP contribution is -2.19. The molecule has 3 aromatic rings. The van der Waals surface area contributed by atoms with E-state index in [1.165, 1.54) is 0 Å². The Morgan fingerprint density at radius 1 is 0.821 bits per heavy atom. The predicted octanol–water partition coefficient (Wildman–Crippen LogP) is 5.06. The van der Waals surface area contributed by atoms with Crippen LogP contribution in [0.25, 0.3) is 0 Å². The molecule has 0 aliphatic carbocycles. The Hall–Kier alpha value is -3.38. The Morgan fingerprint density at radius 3 is 2.07 bits per heavy atom. The third kappa shape index (κ3) is 5.08. The van der Waals surface area contributed by atoms with Crippen LogP contribution >= 0.6 is 12.2 Å². The molecule has 0 aliphatic heterocycles. The molecule has 0 fully saturated rings. The quantitative estimate of drug-likeness (QED) is 0.530. The number of rotatable bonds is 5. The van der Waals surface area contributed by atoms with Gasteiger partial charge in [0.1, 0.15) is 5.75 Å². The largest absolute Gasteiger partial charge is 0.497 e. The van der Waals surface area contributed by atoms with E-state index in [0.29, 0.717) is 16.4 Å². The number of nitrogens with one attached hydrogen (secondary N) is 3. The van der Waals surface area contributed by atoms with Gasteiger partial charge < -0.3 is 20.7 Å². The molecule has 6 heteroatoms. The van der Waals surface area contributed by atoms with Crippen LogP contribution < -0.4 is 20.7 Å². The third-order valence-electron chi connectivity index (χ3n) is 4.15. The number of hydrogen-bond donors (Lipinski definition) is 3. The second-order valence-corrected chi connectivity index (χ2v) is 6.56. The number of aryl methyl sites for hydroxylation is 1. The van der Waals surface area contributed by atoms with Crippen LogP contribution in [0.1, 0.15) is 15.9 Å². The lowest BCUT2D eigenvalue weighted by atomic mass is 10.2. The van der Waals surface area contributed by atoms with Crippen molar-refractivity contribution in [2.45, 2.75) is 6.92 Å². The van der Waals surface area contributed by atoms with Crippen LogP contribution in [-0.2, 0) is 0 Å². The summed E-state index contributed by atoms with van der Waals surface area (Å²) in [5, 5.41) is 9.64. The zero-order valence-electron chi connectivity index (χ0n) is 15.7. The first-order valence-electron chi connectivity index (χ1n) is 8.74. The molecule has 0 saturated heterocycles. The number of methoxy groups -OCH3 is 1. The molecule has 0 aliphatic rings. The number of para-hydroxylation sites is 1. The predicted molar refractivity (Wildman–Crippen MR) is 118 cm³/mol. The molecule has 0 spiro atoms. The van der Waals surface area contributed by atoms with E-state index in [2.05, 4.69) is 16.0 Å². The second kappa shape index (κ2) is 9.01. The van der Waals surface area contributed by atoms with Crippen molar-refractivity contribution in [2.75, 3.05) is 23.1 Å². The second-order valence-electron chi connectivity index (χ2n) is 6.15. The fraction of sp³-hybridized carbons (Fsp3) is 0.0909. The van der Waals surface area contributed by atoms with Crippen LogP contribution in [0.3, 0.4) is 0 Å². The highest BCUT2D eigenvalue weighted by atomic mass is 32.1. The molecule has 28 heavy (non-hydrogen) atoms. The number of carbonyl (C=O) groups is 1. The van der Waals surface area contributed by atoms with Crippen LogP contribution in [-0.4, -0.2) is 18.1 Å². The summed E-state index contributed by atoms with van der Waals surface area (Å²) in [6.45, 7) is 2.02. The van der Waals surface area contributed by atoms with Crippen molar-refractivity contribution in [1.82, 2.24) is 0 Å². The van der Waals surface area contributed by atoms with Crippen LogP contribution in [0, 0.1) is 6.92 Å². The molecule has 5 nitrogen and oxygen atoms in total. The molecule has 1 amide bonds. The van der Waals surface area contributed by atoms with Gasteiger partial charge in [0.15, 0.2) is 5.11 Å². The summed E-state index contributed by atoms with van der Waals surface area (Å²) in [6, 6.07) is 22.2. The molecule has 0 saturated carbocycles. The zero-order chi connectivity index (χ0) is 19.9. The van der Waals surface area contributed by atoms with Gasteiger partial charge in [-0.25, -0.2) is 0 Å². The zero-order valence-corrected chi connectivity index (χ0v) is 16.5. The number of hydrogen-bond acceptors (Lipinski definition) is 3. The van der Waals surface area contributed by atoms with E-state index in [4.69, 9.17) is 17.0 Å². The average molecular weight is 391 g/mol. The Labute approximate surface area is 169 Å². The van der Waals surface area contributed by atoms with Gasteiger partial charge in [0.2, 0.25) is 0 Å². The summed E-state index contributed by atoms with van der Waals surface area (Å²) in [6.07, 6.45) is 0. The minimum absolute atomic E-state index is 0.183. The van der Waals surface area contributed by atoms with E-state index in [1.54, 1.807) is 43.5 Å². The molecular formula is C22H21N3O2S. The summed E-state index contributed by atoms with van der Waals surface area (Å²) in [4.78, 5) is 12.4. The molecule has 142 valence electrons. The molecular weight excluding hydrogens is 370 g/mol. The van der Waals surface area contributed by atoms with Crippen LogP contribution in [0.2, 0.25) is 0 Å². The number of amides is 1. The van der Waals surface area contributed by atoms with Crippen molar-refractivity contribution >= 4 is 40.3 Å². The molecule has 3 aromatic carbocycles. The van der Waals surface area contributed by atoms with Crippen LogP contribution in [0.5, 0.6) is 5.75 Å². The van der Waals surface area contributed by atoms with E-state index >= 15 is 0 Å². The lowest BCUT2D eigenvalue weighted by Gasteiger charge is -2.13. The Morgan fingerprint density at radius 2 is 1.43 bits per heavy atom. The fourth-order valence-electron chi connectivity index (χ4n) is 2.58. The van der Waals surface area contributed by atoms with Gasteiger partial charge in [0.25, 0.3) is 5.91 Å². The van der Waals surface area contributed by atoms with Gasteiger partial charge in [-0.05, 0) is 79.3 Å². The first kappa shape index (κ1) is 19.4. The molecule has 0 aromatic heterocycles. The van der Waals surface area contributed by atoms with Gasteiger partial charge in [0, 0.05) is 22.6 Å². The Bertz CT molecular complexity index is 970. The highest BCUT2D eigenvalue weighted by Gasteiger charge is 2.07. The topological polar surface area (TPSA) is 62.4 Å². The van der Waals surface area contributed by atoms with Gasteiger partial charge in [0.05, 0.1) is 7.11 Å². The van der Waals surface area contributed by atoms with Gasteiger partial charge in [-0.15, -0.1) is 0 Å². The Kier molecular flexibility index (Phi) is 6.24. The molecule has 0 atom stereocenters. The van der Waals surface area contributed by atoms with Crippen molar-refractivity contribution in [3.8, 4) is 5.75 Å². The molecule has 0 radical (unpaired) electrons. The maximum absolute atomic E-state index is 12.4. The number of benzene rings is 3. The molecule has 0 heterocycles. The van der Waals surface area contributed by atoms with E-state index in [1.807, 2.05) is 43.3 Å². The maximum atomic E-state index is 12.4. The van der Waals surface area contributed by atoms with Gasteiger partial charge in [-0.2, -0.15) is 0 Å². The van der Waals surface area contributed by atoms with Crippen molar-refractivity contribution in [1.29, 1.82) is 0 Å². The SMILES string of the molecule is COc1ccc(NC(=O)c2ccc(NC(=S)Nc3ccccc3C)cc2)cc1. The van der Waals surface area contributed by atoms with Crippen LogP contribution in [0.15, 0.2) is 72.8 Å². The minimum Gasteiger partial charge on any atom is -0.497 e. The Balaban J connectivity index is 1.58. The molecule has 0 unspecified atom stereocenters. The first-order chi connectivity index (χ1) is 13.5. The average Bonchev–Trinajstić information content (AvgIpc) is 2.71. The lowest BCUT2D eigenvalue weighted by molar-refractivity contribution is 0.102. The smallest absolute Gasteiger partial charge is 0.255 e. The summed E-state index contributed by atoms with van der Waals surface area (Å²) in [5.41, 5.74) is 4.12. The van der Waals surface area contributed by atoms with E-state index in [9.17, 15) is 4.79 Å². The van der Waals surface area contributed by atoms with Crippen LogP contribution in [0.4, 0.5) is 17.1 Å². The summed E-state index contributed by atoms with van der Waals surface area (Å²) in [7, 11) is 1.60. The molecule has 3 N–H and O–H groups in total. The molecule has 0 bridgehead atoms. The summed E-state index contributed by atoms with van der Waals surface area (Å²) >= 11 is 5.36. The summed E-state index contributed by atoms with van der Waals surface area (Å²) in [5.74, 6) is 0.557. The number of anilines is 3. The monoisotopic (exact) mass is 391 g/mol. The summed E-state index contributed by atoms with van der Waals surface area (Å²) < 4.78 is 5.11.